The first-order chi connectivity index (χ1) is 10.0. The summed E-state index contributed by atoms with van der Waals surface area (Å²) in [5.41, 5.74) is 5.95. The molecule has 2 aliphatic rings. The fraction of sp³-hybridized carbons (Fsp3) is 0.588. The molecule has 1 heterocycles. The third-order valence-corrected chi connectivity index (χ3v) is 5.04. The molecular formula is C17H23FN2O. The zero-order valence-electron chi connectivity index (χ0n) is 12.5. The highest BCUT2D eigenvalue weighted by atomic mass is 19.1. The fourth-order valence-electron chi connectivity index (χ4n) is 3.50. The summed E-state index contributed by atoms with van der Waals surface area (Å²) in [7, 11) is 0. The highest BCUT2D eigenvalue weighted by molar-refractivity contribution is 5.91. The van der Waals surface area contributed by atoms with E-state index in [1.165, 1.54) is 6.07 Å². The highest BCUT2D eigenvalue weighted by Crippen LogP contribution is 2.50. The molecular weight excluding hydrogens is 267 g/mol. The average molecular weight is 290 g/mol. The Hall–Kier alpha value is -1.42. The number of hydrogen-bond acceptors (Lipinski definition) is 2. The summed E-state index contributed by atoms with van der Waals surface area (Å²) >= 11 is 0. The van der Waals surface area contributed by atoms with Crippen molar-refractivity contribution in [2.24, 2.45) is 11.7 Å². The van der Waals surface area contributed by atoms with Crippen molar-refractivity contribution < 1.29 is 9.18 Å². The molecule has 21 heavy (non-hydrogen) atoms. The molecule has 2 fully saturated rings. The highest BCUT2D eigenvalue weighted by Gasteiger charge is 2.54. The molecule has 2 N–H and O–H groups in total. The molecule has 0 unspecified atom stereocenters. The van der Waals surface area contributed by atoms with E-state index in [4.69, 9.17) is 5.73 Å². The third kappa shape index (κ3) is 2.57. The molecule has 3 rings (SSSR count). The molecule has 1 aliphatic carbocycles. The van der Waals surface area contributed by atoms with Gasteiger partial charge in [0.1, 0.15) is 5.82 Å². The summed E-state index contributed by atoms with van der Waals surface area (Å²) in [6, 6.07) is 6.79. The Bertz CT molecular complexity index is 539. The predicted octanol–water partition coefficient (Wildman–Crippen LogP) is 2.44. The monoisotopic (exact) mass is 290 g/mol. The first-order valence-corrected chi connectivity index (χ1v) is 7.84. The van der Waals surface area contributed by atoms with E-state index in [0.717, 1.165) is 32.2 Å². The second kappa shape index (κ2) is 5.41. The normalized spacial score (nSPS) is 25.5. The van der Waals surface area contributed by atoms with Crippen LogP contribution in [0.5, 0.6) is 0 Å². The Balaban J connectivity index is 1.80. The number of halogens is 1. The van der Waals surface area contributed by atoms with Gasteiger partial charge in [0, 0.05) is 24.7 Å². The number of nitrogens with two attached hydrogens (primary N) is 1. The minimum atomic E-state index is -0.606. The summed E-state index contributed by atoms with van der Waals surface area (Å²) in [5.74, 6) is 0.196. The number of amides is 1. The van der Waals surface area contributed by atoms with Crippen LogP contribution in [0.2, 0.25) is 0 Å². The molecule has 1 amide bonds. The molecule has 0 aromatic heterocycles. The maximum Gasteiger partial charge on any atom is 0.233 e. The Kier molecular flexibility index (Phi) is 3.74. The van der Waals surface area contributed by atoms with Gasteiger partial charge in [0.2, 0.25) is 5.91 Å². The lowest BCUT2D eigenvalue weighted by Crippen LogP contribution is -2.48. The first kappa shape index (κ1) is 14.5. The molecule has 0 radical (unpaired) electrons. The lowest BCUT2D eigenvalue weighted by atomic mass is 9.89. The van der Waals surface area contributed by atoms with E-state index in [1.807, 2.05) is 17.9 Å². The van der Waals surface area contributed by atoms with Crippen molar-refractivity contribution in [1.29, 1.82) is 0 Å². The van der Waals surface area contributed by atoms with E-state index >= 15 is 0 Å². The zero-order chi connectivity index (χ0) is 15.0. The van der Waals surface area contributed by atoms with Gasteiger partial charge in [-0.15, -0.1) is 0 Å². The lowest BCUT2D eigenvalue weighted by molar-refractivity contribution is -0.136. The second-order valence-corrected chi connectivity index (χ2v) is 6.57. The van der Waals surface area contributed by atoms with E-state index in [2.05, 4.69) is 0 Å². The van der Waals surface area contributed by atoms with E-state index in [9.17, 15) is 9.18 Å². The molecule has 1 aromatic rings. The maximum absolute atomic E-state index is 14.1. The Morgan fingerprint density at radius 1 is 1.43 bits per heavy atom. The minimum absolute atomic E-state index is 0.0953. The van der Waals surface area contributed by atoms with Gasteiger partial charge in [0.05, 0.1) is 5.41 Å². The molecule has 1 saturated carbocycles. The van der Waals surface area contributed by atoms with Crippen LogP contribution in [0.3, 0.4) is 0 Å². The summed E-state index contributed by atoms with van der Waals surface area (Å²) in [4.78, 5) is 14.8. The minimum Gasteiger partial charge on any atom is -0.342 e. The van der Waals surface area contributed by atoms with Crippen molar-refractivity contribution in [2.45, 2.75) is 44.1 Å². The van der Waals surface area contributed by atoms with Crippen LogP contribution >= 0.6 is 0 Å². The van der Waals surface area contributed by atoms with E-state index in [0.29, 0.717) is 18.0 Å². The SMILES string of the molecule is C[C@@H](N)[C@@H]1CCCN(C(=O)C2(c3ccccc3F)CC2)C1. The standard InChI is InChI=1S/C17H23FN2O/c1-12(19)13-5-4-10-20(11-13)16(21)17(8-9-17)14-6-2-3-7-15(14)18/h2-3,6-7,12-13H,4-5,8-11,19H2,1H3/t12-,13-/m1/s1. The zero-order valence-corrected chi connectivity index (χ0v) is 12.5. The quantitative estimate of drug-likeness (QED) is 0.929. The Labute approximate surface area is 125 Å². The number of likely N-dealkylation sites (tertiary alicyclic amines) is 1. The maximum atomic E-state index is 14.1. The van der Waals surface area contributed by atoms with Crippen LogP contribution in [0.25, 0.3) is 0 Å². The van der Waals surface area contributed by atoms with Gasteiger partial charge in [-0.25, -0.2) is 4.39 Å². The van der Waals surface area contributed by atoms with E-state index in [-0.39, 0.29) is 17.8 Å². The molecule has 114 valence electrons. The van der Waals surface area contributed by atoms with Crippen LogP contribution in [0, 0.1) is 11.7 Å². The van der Waals surface area contributed by atoms with Crippen molar-refractivity contribution >= 4 is 5.91 Å². The molecule has 1 aliphatic heterocycles. The van der Waals surface area contributed by atoms with Gasteiger partial charge in [0.15, 0.2) is 0 Å². The Morgan fingerprint density at radius 2 is 2.14 bits per heavy atom. The van der Waals surface area contributed by atoms with Crippen LogP contribution in [-0.4, -0.2) is 29.9 Å². The number of carbonyl (C=O) groups is 1. The molecule has 2 atom stereocenters. The molecule has 4 heteroatoms. The van der Waals surface area contributed by atoms with Gasteiger partial charge in [-0.2, -0.15) is 0 Å². The van der Waals surface area contributed by atoms with Crippen molar-refractivity contribution in [1.82, 2.24) is 4.90 Å². The summed E-state index contributed by atoms with van der Waals surface area (Å²) < 4.78 is 14.1. The fourth-order valence-corrected chi connectivity index (χ4v) is 3.50. The van der Waals surface area contributed by atoms with Gasteiger partial charge in [-0.3, -0.25) is 4.79 Å². The van der Waals surface area contributed by atoms with Crippen LogP contribution in [0.4, 0.5) is 4.39 Å². The molecule has 1 aromatic carbocycles. The van der Waals surface area contributed by atoms with E-state index < -0.39 is 5.41 Å². The van der Waals surface area contributed by atoms with Gasteiger partial charge < -0.3 is 10.6 Å². The van der Waals surface area contributed by atoms with E-state index in [1.54, 1.807) is 12.1 Å². The van der Waals surface area contributed by atoms with Gasteiger partial charge in [-0.1, -0.05) is 18.2 Å². The number of hydrogen-bond donors (Lipinski definition) is 1. The van der Waals surface area contributed by atoms with Gasteiger partial charge in [0.25, 0.3) is 0 Å². The molecule has 0 spiro atoms. The summed E-state index contributed by atoms with van der Waals surface area (Å²) in [6.45, 7) is 3.49. The molecule has 3 nitrogen and oxygen atoms in total. The van der Waals surface area contributed by atoms with Crippen molar-refractivity contribution in [3.05, 3.63) is 35.6 Å². The topological polar surface area (TPSA) is 46.3 Å². The number of nitrogens with zero attached hydrogens (tertiary/aromatic N) is 1. The lowest BCUT2D eigenvalue weighted by Gasteiger charge is -2.36. The second-order valence-electron chi connectivity index (χ2n) is 6.57. The number of piperidine rings is 1. The van der Waals surface area contributed by atoms with Gasteiger partial charge >= 0.3 is 0 Å². The van der Waals surface area contributed by atoms with Crippen LogP contribution in [0.15, 0.2) is 24.3 Å². The van der Waals surface area contributed by atoms with Crippen molar-refractivity contribution in [3.8, 4) is 0 Å². The average Bonchev–Trinajstić information content (AvgIpc) is 3.28. The van der Waals surface area contributed by atoms with Crippen molar-refractivity contribution in [2.75, 3.05) is 13.1 Å². The number of benzene rings is 1. The third-order valence-electron chi connectivity index (χ3n) is 5.04. The van der Waals surface area contributed by atoms with Crippen LogP contribution in [0.1, 0.15) is 38.2 Å². The Morgan fingerprint density at radius 3 is 2.76 bits per heavy atom. The molecule has 1 saturated heterocycles. The van der Waals surface area contributed by atoms with Crippen LogP contribution < -0.4 is 5.73 Å². The summed E-state index contributed by atoms with van der Waals surface area (Å²) in [6.07, 6.45) is 3.58. The number of carbonyl (C=O) groups excluding carboxylic acids is 1. The smallest absolute Gasteiger partial charge is 0.233 e. The largest absolute Gasteiger partial charge is 0.342 e. The van der Waals surface area contributed by atoms with Crippen LogP contribution in [-0.2, 0) is 10.2 Å². The predicted molar refractivity (Wildman–Crippen MR) is 80.3 cm³/mol. The molecule has 0 bridgehead atoms. The summed E-state index contributed by atoms with van der Waals surface area (Å²) in [5, 5.41) is 0. The number of rotatable bonds is 3. The van der Waals surface area contributed by atoms with Gasteiger partial charge in [-0.05, 0) is 44.6 Å². The van der Waals surface area contributed by atoms with Crippen molar-refractivity contribution in [3.63, 3.8) is 0 Å². The first-order valence-electron chi connectivity index (χ1n) is 7.84.